The Morgan fingerprint density at radius 1 is 1.33 bits per heavy atom. The summed E-state index contributed by atoms with van der Waals surface area (Å²) in [5, 5.41) is 5.07. The molecule has 7 heteroatoms. The van der Waals surface area contributed by atoms with Crippen LogP contribution in [-0.2, 0) is 21.4 Å². The van der Waals surface area contributed by atoms with Crippen LogP contribution in [0.3, 0.4) is 0 Å². The van der Waals surface area contributed by atoms with Crippen molar-refractivity contribution >= 4 is 15.9 Å². The number of primary sulfonamides is 1. The van der Waals surface area contributed by atoms with E-state index in [9.17, 15) is 13.2 Å². The molecule has 0 spiro atoms. The lowest BCUT2D eigenvalue weighted by molar-refractivity contribution is 0.0827. The molecular formula is C11H16N2O4S. The van der Waals surface area contributed by atoms with E-state index in [4.69, 9.17) is 9.88 Å². The molecule has 0 aliphatic rings. The van der Waals surface area contributed by atoms with Crippen molar-refractivity contribution in [3.05, 3.63) is 29.3 Å². The van der Waals surface area contributed by atoms with Crippen LogP contribution in [0.25, 0.3) is 0 Å². The average Bonchev–Trinajstić information content (AvgIpc) is 2.26. The van der Waals surface area contributed by atoms with Crippen molar-refractivity contribution in [1.82, 2.24) is 4.90 Å². The molecule has 0 atom stereocenters. The van der Waals surface area contributed by atoms with Gasteiger partial charge >= 0.3 is 0 Å². The molecule has 0 fully saturated rings. The topological polar surface area (TPSA) is 89.7 Å². The van der Waals surface area contributed by atoms with E-state index in [2.05, 4.69) is 0 Å². The summed E-state index contributed by atoms with van der Waals surface area (Å²) < 4.78 is 27.6. The normalized spacial score (nSPS) is 11.3. The molecule has 1 amide bonds. The number of hydrogen-bond donors (Lipinski definition) is 1. The smallest absolute Gasteiger partial charge is 0.253 e. The minimum absolute atomic E-state index is 0.0951. The quantitative estimate of drug-likeness (QED) is 0.846. The predicted octanol–water partition coefficient (Wildman–Crippen LogP) is 0.182. The first-order valence-electron chi connectivity index (χ1n) is 5.13. The lowest BCUT2D eigenvalue weighted by Crippen LogP contribution is -2.23. The molecule has 1 aromatic carbocycles. The monoisotopic (exact) mass is 272 g/mol. The molecule has 0 aliphatic heterocycles. The molecule has 0 saturated carbocycles. The number of nitrogens with two attached hydrogens (primary N) is 1. The minimum Gasteiger partial charge on any atom is -0.380 e. The zero-order valence-electron chi connectivity index (χ0n) is 10.5. The molecule has 100 valence electrons. The molecule has 6 nitrogen and oxygen atoms in total. The highest BCUT2D eigenvalue weighted by atomic mass is 32.2. The Balaban J connectivity index is 3.36. The van der Waals surface area contributed by atoms with E-state index in [0.717, 1.165) is 0 Å². The van der Waals surface area contributed by atoms with Gasteiger partial charge in [0.2, 0.25) is 10.0 Å². The summed E-state index contributed by atoms with van der Waals surface area (Å²) in [5.74, 6) is -0.294. The van der Waals surface area contributed by atoms with Gasteiger partial charge in [0.1, 0.15) is 0 Å². The maximum Gasteiger partial charge on any atom is 0.253 e. The van der Waals surface area contributed by atoms with Crippen LogP contribution in [0.1, 0.15) is 15.9 Å². The number of rotatable bonds is 4. The highest BCUT2D eigenvalue weighted by Crippen LogP contribution is 2.16. The van der Waals surface area contributed by atoms with Crippen molar-refractivity contribution in [3.8, 4) is 0 Å². The van der Waals surface area contributed by atoms with Crippen LogP contribution in [0, 0.1) is 0 Å². The number of amides is 1. The summed E-state index contributed by atoms with van der Waals surface area (Å²) in [6.07, 6.45) is 0. The van der Waals surface area contributed by atoms with Crippen LogP contribution in [-0.4, -0.2) is 40.4 Å². The Labute approximate surface area is 106 Å². The van der Waals surface area contributed by atoms with Crippen LogP contribution in [0.4, 0.5) is 0 Å². The van der Waals surface area contributed by atoms with Gasteiger partial charge in [0.05, 0.1) is 11.5 Å². The average molecular weight is 272 g/mol. The summed E-state index contributed by atoms with van der Waals surface area (Å²) in [6.45, 7) is 0.205. The first-order valence-corrected chi connectivity index (χ1v) is 6.67. The Morgan fingerprint density at radius 3 is 2.39 bits per heavy atom. The van der Waals surface area contributed by atoms with E-state index in [-0.39, 0.29) is 23.0 Å². The molecule has 2 N–H and O–H groups in total. The van der Waals surface area contributed by atoms with Gasteiger partial charge in [-0.1, -0.05) is 0 Å². The van der Waals surface area contributed by atoms with Gasteiger partial charge in [-0.2, -0.15) is 0 Å². The second-order valence-electron chi connectivity index (χ2n) is 4.04. The lowest BCUT2D eigenvalue weighted by Gasteiger charge is -2.12. The van der Waals surface area contributed by atoms with Gasteiger partial charge in [0.15, 0.2) is 0 Å². The largest absolute Gasteiger partial charge is 0.380 e. The van der Waals surface area contributed by atoms with Gasteiger partial charge in [-0.05, 0) is 23.8 Å². The van der Waals surface area contributed by atoms with Crippen molar-refractivity contribution in [1.29, 1.82) is 0 Å². The third kappa shape index (κ3) is 3.52. The first kappa shape index (κ1) is 14.6. The standard InChI is InChI=1S/C11H16N2O4S/c1-13(2)11(14)9-4-8(7-17-3)5-10(6-9)18(12,15)16/h4-6H,7H2,1-3H3,(H2,12,15,16). The maximum absolute atomic E-state index is 11.8. The zero-order valence-corrected chi connectivity index (χ0v) is 11.3. The number of carbonyl (C=O) groups excluding carboxylic acids is 1. The zero-order chi connectivity index (χ0) is 13.9. The molecule has 0 aromatic heterocycles. The van der Waals surface area contributed by atoms with Crippen molar-refractivity contribution < 1.29 is 17.9 Å². The highest BCUT2D eigenvalue weighted by molar-refractivity contribution is 7.89. The molecule has 0 heterocycles. The van der Waals surface area contributed by atoms with E-state index >= 15 is 0 Å². The number of hydrogen-bond acceptors (Lipinski definition) is 4. The van der Waals surface area contributed by atoms with Gasteiger partial charge in [-0.15, -0.1) is 0 Å². The number of benzene rings is 1. The van der Waals surface area contributed by atoms with E-state index < -0.39 is 10.0 Å². The van der Waals surface area contributed by atoms with Crippen LogP contribution >= 0.6 is 0 Å². The van der Waals surface area contributed by atoms with Gasteiger partial charge in [0, 0.05) is 26.8 Å². The number of ether oxygens (including phenoxy) is 1. The Bertz CT molecular complexity index is 552. The van der Waals surface area contributed by atoms with Crippen LogP contribution in [0.5, 0.6) is 0 Å². The minimum atomic E-state index is -3.85. The van der Waals surface area contributed by atoms with Gasteiger partial charge in [0.25, 0.3) is 5.91 Å². The van der Waals surface area contributed by atoms with Crippen molar-refractivity contribution in [2.75, 3.05) is 21.2 Å². The van der Waals surface area contributed by atoms with E-state index in [1.165, 1.54) is 24.1 Å². The van der Waals surface area contributed by atoms with Crippen molar-refractivity contribution in [2.24, 2.45) is 5.14 Å². The van der Waals surface area contributed by atoms with Crippen LogP contribution < -0.4 is 5.14 Å². The van der Waals surface area contributed by atoms with Gasteiger partial charge in [-0.25, -0.2) is 13.6 Å². The van der Waals surface area contributed by atoms with Gasteiger partial charge in [-0.3, -0.25) is 4.79 Å². The predicted molar refractivity (Wildman–Crippen MR) is 66.5 cm³/mol. The molecule has 18 heavy (non-hydrogen) atoms. The summed E-state index contributed by atoms with van der Waals surface area (Å²) in [5.41, 5.74) is 0.841. The van der Waals surface area contributed by atoms with E-state index in [1.807, 2.05) is 0 Å². The van der Waals surface area contributed by atoms with Crippen LogP contribution in [0.15, 0.2) is 23.1 Å². The molecule has 1 rings (SSSR count). The Hall–Kier alpha value is -1.44. The van der Waals surface area contributed by atoms with Crippen LogP contribution in [0.2, 0.25) is 0 Å². The van der Waals surface area contributed by atoms with Crippen molar-refractivity contribution in [3.63, 3.8) is 0 Å². The molecule has 0 unspecified atom stereocenters. The fourth-order valence-electron chi connectivity index (χ4n) is 1.46. The summed E-state index contributed by atoms with van der Waals surface area (Å²) >= 11 is 0. The molecule has 0 aliphatic carbocycles. The van der Waals surface area contributed by atoms with Gasteiger partial charge < -0.3 is 9.64 Å². The SMILES string of the molecule is COCc1cc(C(=O)N(C)C)cc(S(N)(=O)=O)c1. The number of carbonyl (C=O) groups is 1. The molecule has 1 aromatic rings. The summed E-state index contributed by atoms with van der Waals surface area (Å²) in [7, 11) is 0.802. The van der Waals surface area contributed by atoms with E-state index in [0.29, 0.717) is 5.56 Å². The molecule has 0 bridgehead atoms. The van der Waals surface area contributed by atoms with Crippen molar-refractivity contribution in [2.45, 2.75) is 11.5 Å². The maximum atomic E-state index is 11.8. The Morgan fingerprint density at radius 2 is 1.94 bits per heavy atom. The fraction of sp³-hybridized carbons (Fsp3) is 0.364. The first-order chi connectivity index (χ1) is 8.25. The molecular weight excluding hydrogens is 256 g/mol. The third-order valence-corrected chi connectivity index (χ3v) is 3.15. The number of sulfonamides is 1. The number of nitrogens with zero attached hydrogens (tertiary/aromatic N) is 1. The second-order valence-corrected chi connectivity index (χ2v) is 5.60. The summed E-state index contributed by atoms with van der Waals surface area (Å²) in [6, 6.07) is 4.24. The molecule has 0 saturated heterocycles. The lowest BCUT2D eigenvalue weighted by atomic mass is 10.1. The Kier molecular flexibility index (Phi) is 4.44. The molecule has 0 radical (unpaired) electrons. The summed E-state index contributed by atoms with van der Waals surface area (Å²) in [4.78, 5) is 13.1. The fourth-order valence-corrected chi connectivity index (χ4v) is 2.06. The van der Waals surface area contributed by atoms with E-state index in [1.54, 1.807) is 20.2 Å². The third-order valence-electron chi connectivity index (χ3n) is 2.26. The number of methoxy groups -OCH3 is 1. The highest BCUT2D eigenvalue weighted by Gasteiger charge is 2.15. The second kappa shape index (κ2) is 5.47.